The Labute approximate surface area is 179 Å². The fourth-order valence-corrected chi connectivity index (χ4v) is 6.92. The van der Waals surface area contributed by atoms with Crippen LogP contribution in [-0.2, 0) is 0 Å². The largest absolute Gasteiger partial charge is 0.173 e. The monoisotopic (exact) mass is 402 g/mol. The van der Waals surface area contributed by atoms with Gasteiger partial charge in [0.25, 0.3) is 0 Å². The maximum Gasteiger partial charge on any atom is -0.00450 e. The molecule has 1 aliphatic carbocycles. The van der Waals surface area contributed by atoms with Crippen molar-refractivity contribution in [2.45, 2.75) is 78.4 Å². The van der Waals surface area contributed by atoms with Crippen LogP contribution in [0.1, 0.15) is 69.3 Å². The quantitative estimate of drug-likeness (QED) is 0.414. The van der Waals surface area contributed by atoms with E-state index in [0.717, 1.165) is 5.92 Å². The highest BCUT2D eigenvalue weighted by molar-refractivity contribution is 8.17. The number of benzene rings is 3. The Morgan fingerprint density at radius 2 is 0.862 bits per heavy atom. The zero-order valence-electron chi connectivity index (χ0n) is 17.5. The summed E-state index contributed by atoms with van der Waals surface area (Å²) in [7, 11) is -0.493. The summed E-state index contributed by atoms with van der Waals surface area (Å²) in [6.07, 6.45) is 12.7. The lowest BCUT2D eigenvalue weighted by Crippen LogP contribution is -2.01. The predicted molar refractivity (Wildman–Crippen MR) is 127 cm³/mol. The van der Waals surface area contributed by atoms with Gasteiger partial charge >= 0.3 is 0 Å². The van der Waals surface area contributed by atoms with Crippen molar-refractivity contribution in [1.29, 1.82) is 0 Å². The zero-order chi connectivity index (χ0) is 19.7. The molecule has 0 atom stereocenters. The maximum absolute atomic E-state index is 2.44. The van der Waals surface area contributed by atoms with Crippen LogP contribution in [0, 0.1) is 0 Å². The predicted octanol–water partition coefficient (Wildman–Crippen LogP) is 8.77. The van der Waals surface area contributed by atoms with Crippen molar-refractivity contribution in [2.75, 3.05) is 0 Å². The van der Waals surface area contributed by atoms with E-state index >= 15 is 0 Å². The van der Waals surface area contributed by atoms with Crippen LogP contribution < -0.4 is 0 Å². The Morgan fingerprint density at radius 3 is 1.34 bits per heavy atom. The number of thiol groups is 1. The Bertz CT molecular complexity index is 789. The van der Waals surface area contributed by atoms with Crippen LogP contribution in [0.25, 0.3) is 0 Å². The number of hydrogen-bond acceptors (Lipinski definition) is 0. The average molecular weight is 403 g/mol. The summed E-state index contributed by atoms with van der Waals surface area (Å²) in [5, 5.41) is 0. The van der Waals surface area contributed by atoms with Crippen LogP contribution in [0.15, 0.2) is 99.6 Å². The summed E-state index contributed by atoms with van der Waals surface area (Å²) in [5.74, 6) is 0.752. The van der Waals surface area contributed by atoms with Gasteiger partial charge in [0.15, 0.2) is 0 Å². The van der Waals surface area contributed by atoms with E-state index in [-0.39, 0.29) is 0 Å². The molecule has 0 amide bonds. The Hall–Kier alpha value is -1.99. The highest BCUT2D eigenvalue weighted by atomic mass is 32.2. The molecule has 0 saturated heterocycles. The van der Waals surface area contributed by atoms with E-state index in [0.29, 0.717) is 0 Å². The first kappa shape index (κ1) is 20.3. The molecule has 1 aliphatic rings. The maximum atomic E-state index is 2.44. The molecule has 0 unspecified atom stereocenters. The van der Waals surface area contributed by atoms with Crippen molar-refractivity contribution >= 4 is 10.9 Å². The molecular formula is C28H34S. The van der Waals surface area contributed by atoms with Gasteiger partial charge in [0.05, 0.1) is 0 Å². The molecule has 1 heteroatoms. The van der Waals surface area contributed by atoms with Crippen LogP contribution in [0.3, 0.4) is 0 Å². The van der Waals surface area contributed by atoms with Crippen molar-refractivity contribution in [3.8, 4) is 0 Å². The summed E-state index contributed by atoms with van der Waals surface area (Å²) in [6, 6.07) is 31.8. The van der Waals surface area contributed by atoms with Gasteiger partial charge in [0.2, 0.25) is 0 Å². The standard InChI is InChI=1S/C28H34S/c1-2-4-8-14-24(15-9-5-3-1)25-20-22-28(23-21-25)29(26-16-10-6-11-17-26)27-18-12-7-13-19-27/h6-7,10-13,16-24,29H,1-5,8-9,14-15H2. The van der Waals surface area contributed by atoms with E-state index in [2.05, 4.69) is 84.9 Å². The minimum Gasteiger partial charge on any atom is -0.173 e. The normalized spacial score (nSPS) is 16.9. The molecular weight excluding hydrogens is 368 g/mol. The molecule has 1 fully saturated rings. The van der Waals surface area contributed by atoms with Gasteiger partial charge < -0.3 is 0 Å². The second-order valence-electron chi connectivity index (χ2n) is 8.35. The lowest BCUT2D eigenvalue weighted by Gasteiger charge is -2.24. The highest BCUT2D eigenvalue weighted by Gasteiger charge is 2.15. The number of rotatable bonds is 4. The third kappa shape index (κ3) is 5.54. The molecule has 0 aromatic heterocycles. The summed E-state index contributed by atoms with van der Waals surface area (Å²) in [5.41, 5.74) is 1.56. The van der Waals surface area contributed by atoms with Crippen LogP contribution in [0.2, 0.25) is 0 Å². The average Bonchev–Trinajstić information content (AvgIpc) is 2.80. The minimum atomic E-state index is -0.493. The van der Waals surface area contributed by atoms with Crippen LogP contribution in [0.5, 0.6) is 0 Å². The second kappa shape index (κ2) is 10.7. The topological polar surface area (TPSA) is 0 Å². The third-order valence-electron chi connectivity index (χ3n) is 6.26. The molecule has 0 heterocycles. The molecule has 152 valence electrons. The van der Waals surface area contributed by atoms with Crippen molar-refractivity contribution < 1.29 is 0 Å². The Morgan fingerprint density at radius 1 is 0.448 bits per heavy atom. The van der Waals surface area contributed by atoms with Crippen LogP contribution >= 0.6 is 10.9 Å². The van der Waals surface area contributed by atoms with Crippen LogP contribution in [-0.4, -0.2) is 0 Å². The molecule has 0 nitrogen and oxygen atoms in total. The van der Waals surface area contributed by atoms with Gasteiger partial charge in [-0.25, -0.2) is 0 Å². The minimum absolute atomic E-state index is 0.493. The molecule has 1 saturated carbocycles. The SMILES string of the molecule is c1ccc([SH](c2ccccc2)c2ccc(C3CCCCCCCCC3)cc2)cc1. The van der Waals surface area contributed by atoms with Gasteiger partial charge in [0, 0.05) is 0 Å². The molecule has 0 radical (unpaired) electrons. The van der Waals surface area contributed by atoms with Gasteiger partial charge in [0.1, 0.15) is 0 Å². The fourth-order valence-electron chi connectivity index (χ4n) is 4.64. The zero-order valence-corrected chi connectivity index (χ0v) is 18.4. The van der Waals surface area contributed by atoms with Crippen LogP contribution in [0.4, 0.5) is 0 Å². The molecule has 3 aromatic rings. The highest BCUT2D eigenvalue weighted by Crippen LogP contribution is 2.51. The van der Waals surface area contributed by atoms with E-state index < -0.39 is 10.9 Å². The second-order valence-corrected chi connectivity index (χ2v) is 10.6. The van der Waals surface area contributed by atoms with Crippen molar-refractivity contribution in [2.24, 2.45) is 0 Å². The van der Waals surface area contributed by atoms with E-state index in [1.807, 2.05) is 0 Å². The number of hydrogen-bond donors (Lipinski definition) is 1. The van der Waals surface area contributed by atoms with Crippen molar-refractivity contribution in [3.63, 3.8) is 0 Å². The fraction of sp³-hybridized carbons (Fsp3) is 0.357. The molecule has 0 N–H and O–H groups in total. The summed E-state index contributed by atoms with van der Waals surface area (Å²) < 4.78 is 0. The lowest BCUT2D eigenvalue weighted by molar-refractivity contribution is 0.462. The van der Waals surface area contributed by atoms with E-state index in [1.165, 1.54) is 72.5 Å². The first-order valence-electron chi connectivity index (χ1n) is 11.4. The first-order chi connectivity index (χ1) is 14.4. The smallest absolute Gasteiger partial charge is 0.00450 e. The third-order valence-corrected chi connectivity index (χ3v) is 8.70. The molecule has 3 aromatic carbocycles. The van der Waals surface area contributed by atoms with Gasteiger partial charge in [-0.3, -0.25) is 0 Å². The molecule has 4 rings (SSSR count). The van der Waals surface area contributed by atoms with Gasteiger partial charge in [-0.2, -0.15) is 10.9 Å². The molecule has 0 bridgehead atoms. The molecule has 0 spiro atoms. The molecule has 0 aliphatic heterocycles. The Balaban J connectivity index is 1.58. The van der Waals surface area contributed by atoms with Gasteiger partial charge in [-0.05, 0) is 75.4 Å². The van der Waals surface area contributed by atoms with Crippen molar-refractivity contribution in [1.82, 2.24) is 0 Å². The first-order valence-corrected chi connectivity index (χ1v) is 12.8. The Kier molecular flexibility index (Phi) is 7.48. The van der Waals surface area contributed by atoms with E-state index in [4.69, 9.17) is 0 Å². The molecule has 29 heavy (non-hydrogen) atoms. The lowest BCUT2D eigenvalue weighted by atomic mass is 9.87. The van der Waals surface area contributed by atoms with Gasteiger partial charge in [-0.1, -0.05) is 93.5 Å². The van der Waals surface area contributed by atoms with Gasteiger partial charge in [-0.15, -0.1) is 0 Å². The van der Waals surface area contributed by atoms with Crippen molar-refractivity contribution in [3.05, 3.63) is 90.5 Å². The van der Waals surface area contributed by atoms with E-state index in [9.17, 15) is 0 Å². The summed E-state index contributed by atoms with van der Waals surface area (Å²) in [4.78, 5) is 4.32. The summed E-state index contributed by atoms with van der Waals surface area (Å²) in [6.45, 7) is 0. The summed E-state index contributed by atoms with van der Waals surface area (Å²) >= 11 is 0. The van der Waals surface area contributed by atoms with E-state index in [1.54, 1.807) is 5.56 Å².